The molecule has 25 heavy (non-hydrogen) atoms. The van der Waals surface area contributed by atoms with Crippen molar-refractivity contribution in [3.8, 4) is 0 Å². The molecule has 130 valence electrons. The lowest BCUT2D eigenvalue weighted by Gasteiger charge is -2.08. The molecule has 2 aromatic heterocycles. The molecule has 0 saturated heterocycles. The second-order valence-electron chi connectivity index (χ2n) is 5.70. The fourth-order valence-corrected chi connectivity index (χ4v) is 2.36. The van der Waals surface area contributed by atoms with E-state index in [1.54, 1.807) is 0 Å². The highest BCUT2D eigenvalue weighted by Gasteiger charge is 2.31. The predicted octanol–water partition coefficient (Wildman–Crippen LogP) is 2.92. The van der Waals surface area contributed by atoms with Gasteiger partial charge < -0.3 is 5.32 Å². The topological polar surface area (TPSA) is 59.3 Å². The summed E-state index contributed by atoms with van der Waals surface area (Å²) in [4.78, 5) is 12.0. The summed E-state index contributed by atoms with van der Waals surface area (Å²) in [6, 6.07) is 9.73. The van der Waals surface area contributed by atoms with Gasteiger partial charge in [-0.15, -0.1) is 10.2 Å². The second kappa shape index (κ2) is 6.54. The maximum absolute atomic E-state index is 12.8. The lowest BCUT2D eigenvalue weighted by Crippen LogP contribution is -2.25. The van der Waals surface area contributed by atoms with E-state index in [9.17, 15) is 18.0 Å². The zero-order valence-corrected chi connectivity index (χ0v) is 13.3. The molecule has 1 amide bonds. The number of halogens is 3. The molecular formula is C17H15F3N4O. The first-order valence-electron chi connectivity index (χ1n) is 7.56. The minimum absolute atomic E-state index is 0.00677. The Balaban J connectivity index is 1.70. The summed E-state index contributed by atoms with van der Waals surface area (Å²) in [6.45, 7) is 1.95. The first-order valence-corrected chi connectivity index (χ1v) is 7.56. The maximum Gasteiger partial charge on any atom is 0.417 e. The van der Waals surface area contributed by atoms with Crippen molar-refractivity contribution in [3.63, 3.8) is 0 Å². The van der Waals surface area contributed by atoms with E-state index in [4.69, 9.17) is 0 Å². The van der Waals surface area contributed by atoms with E-state index < -0.39 is 11.7 Å². The monoisotopic (exact) mass is 348 g/mol. The van der Waals surface area contributed by atoms with Crippen LogP contribution in [0.5, 0.6) is 0 Å². The zero-order valence-electron chi connectivity index (χ0n) is 13.3. The molecule has 0 bridgehead atoms. The summed E-state index contributed by atoms with van der Waals surface area (Å²) >= 11 is 0. The fourth-order valence-electron chi connectivity index (χ4n) is 2.36. The van der Waals surface area contributed by atoms with Crippen LogP contribution in [0.25, 0.3) is 5.65 Å². The molecule has 0 spiro atoms. The molecule has 3 aromatic rings. The van der Waals surface area contributed by atoms with Crippen LogP contribution in [0.15, 0.2) is 42.6 Å². The minimum atomic E-state index is -4.45. The Morgan fingerprint density at radius 3 is 2.52 bits per heavy atom. The molecule has 8 heteroatoms. The number of rotatable bonds is 4. The van der Waals surface area contributed by atoms with Gasteiger partial charge in [-0.05, 0) is 24.6 Å². The van der Waals surface area contributed by atoms with Crippen molar-refractivity contribution < 1.29 is 18.0 Å². The number of hydrogen-bond donors (Lipinski definition) is 1. The third kappa shape index (κ3) is 3.96. The summed E-state index contributed by atoms with van der Waals surface area (Å²) < 4.78 is 39.7. The number of aryl methyl sites for hydroxylation is 1. The van der Waals surface area contributed by atoms with Crippen LogP contribution in [0, 0.1) is 6.92 Å². The van der Waals surface area contributed by atoms with Crippen molar-refractivity contribution in [1.82, 2.24) is 19.9 Å². The average molecular weight is 348 g/mol. The van der Waals surface area contributed by atoms with Crippen LogP contribution in [0.4, 0.5) is 13.2 Å². The highest BCUT2D eigenvalue weighted by Crippen LogP contribution is 2.29. The largest absolute Gasteiger partial charge is 0.417 e. The molecule has 0 atom stereocenters. The third-order valence-electron chi connectivity index (χ3n) is 3.73. The molecule has 0 aliphatic rings. The lowest BCUT2D eigenvalue weighted by atomic mass is 10.1. The van der Waals surface area contributed by atoms with E-state index >= 15 is 0 Å². The quantitative estimate of drug-likeness (QED) is 0.789. The van der Waals surface area contributed by atoms with Crippen LogP contribution in [-0.2, 0) is 23.9 Å². The van der Waals surface area contributed by atoms with E-state index in [0.717, 1.165) is 23.4 Å². The van der Waals surface area contributed by atoms with Crippen molar-refractivity contribution in [3.05, 3.63) is 65.1 Å². The number of carbonyl (C=O) groups is 1. The van der Waals surface area contributed by atoms with Crippen molar-refractivity contribution >= 4 is 11.6 Å². The SMILES string of the molecule is Cc1ccc(CC(=O)NCc2nnc3ccc(C(F)(F)F)cn23)cc1. The first kappa shape index (κ1) is 16.9. The van der Waals surface area contributed by atoms with E-state index in [-0.39, 0.29) is 30.3 Å². The summed E-state index contributed by atoms with van der Waals surface area (Å²) in [7, 11) is 0. The number of fused-ring (bicyclic) bond motifs is 1. The predicted molar refractivity (Wildman–Crippen MR) is 84.7 cm³/mol. The van der Waals surface area contributed by atoms with Gasteiger partial charge in [0, 0.05) is 6.20 Å². The summed E-state index contributed by atoms with van der Waals surface area (Å²) in [5, 5.41) is 10.3. The molecule has 0 unspecified atom stereocenters. The molecule has 3 rings (SSSR count). The molecular weight excluding hydrogens is 333 g/mol. The smallest absolute Gasteiger partial charge is 0.348 e. The number of nitrogens with zero attached hydrogens (tertiary/aromatic N) is 3. The third-order valence-corrected chi connectivity index (χ3v) is 3.73. The van der Waals surface area contributed by atoms with E-state index in [2.05, 4.69) is 15.5 Å². The van der Waals surface area contributed by atoms with Gasteiger partial charge in [0.25, 0.3) is 0 Å². The Hall–Kier alpha value is -2.90. The molecule has 2 heterocycles. The molecule has 0 saturated carbocycles. The Morgan fingerprint density at radius 2 is 1.84 bits per heavy atom. The Kier molecular flexibility index (Phi) is 4.43. The van der Waals surface area contributed by atoms with Gasteiger partial charge in [0.05, 0.1) is 18.5 Å². The molecule has 5 nitrogen and oxygen atoms in total. The van der Waals surface area contributed by atoms with Crippen LogP contribution in [0.1, 0.15) is 22.5 Å². The first-order chi connectivity index (χ1) is 11.8. The molecule has 0 aliphatic carbocycles. The zero-order chi connectivity index (χ0) is 18.0. The summed E-state index contributed by atoms with van der Waals surface area (Å²) in [5.41, 5.74) is 1.44. The van der Waals surface area contributed by atoms with Gasteiger partial charge in [-0.25, -0.2) is 0 Å². The van der Waals surface area contributed by atoms with Crippen LogP contribution in [0.2, 0.25) is 0 Å². The maximum atomic E-state index is 12.8. The molecule has 1 N–H and O–H groups in total. The highest BCUT2D eigenvalue weighted by molar-refractivity contribution is 5.78. The number of pyridine rings is 1. The average Bonchev–Trinajstić information content (AvgIpc) is 2.96. The lowest BCUT2D eigenvalue weighted by molar-refractivity contribution is -0.137. The van der Waals surface area contributed by atoms with Gasteiger partial charge in [0.1, 0.15) is 0 Å². The van der Waals surface area contributed by atoms with Crippen LogP contribution < -0.4 is 5.32 Å². The molecule has 0 radical (unpaired) electrons. The molecule has 0 fully saturated rings. The van der Waals surface area contributed by atoms with Gasteiger partial charge in [-0.3, -0.25) is 9.20 Å². The molecule has 1 aromatic carbocycles. The van der Waals surface area contributed by atoms with Crippen LogP contribution in [0.3, 0.4) is 0 Å². The van der Waals surface area contributed by atoms with Crippen LogP contribution >= 0.6 is 0 Å². The van der Waals surface area contributed by atoms with Crippen molar-refractivity contribution in [1.29, 1.82) is 0 Å². The summed E-state index contributed by atoms with van der Waals surface area (Å²) in [5.74, 6) is -0.00839. The number of hydrogen-bond acceptors (Lipinski definition) is 3. The van der Waals surface area contributed by atoms with Gasteiger partial charge in [0.15, 0.2) is 11.5 Å². The number of aromatic nitrogens is 3. The molecule has 0 aliphatic heterocycles. The number of alkyl halides is 3. The standard InChI is InChI=1S/C17H15F3N4O/c1-11-2-4-12(5-3-11)8-16(25)21-9-15-23-22-14-7-6-13(10-24(14)15)17(18,19)20/h2-7,10H,8-9H2,1H3,(H,21,25). The van der Waals surface area contributed by atoms with E-state index in [1.165, 1.54) is 10.5 Å². The normalized spacial score (nSPS) is 11.7. The van der Waals surface area contributed by atoms with Gasteiger partial charge in [0.2, 0.25) is 5.91 Å². The summed E-state index contributed by atoms with van der Waals surface area (Å²) in [6.07, 6.45) is -3.34. The number of carbonyl (C=O) groups excluding carboxylic acids is 1. The second-order valence-corrected chi connectivity index (χ2v) is 5.70. The van der Waals surface area contributed by atoms with Crippen molar-refractivity contribution in [2.24, 2.45) is 0 Å². The van der Waals surface area contributed by atoms with E-state index in [0.29, 0.717) is 0 Å². The van der Waals surface area contributed by atoms with Gasteiger partial charge in [-0.1, -0.05) is 29.8 Å². The number of nitrogens with one attached hydrogen (secondary N) is 1. The fraction of sp³-hybridized carbons (Fsp3) is 0.235. The number of benzene rings is 1. The van der Waals surface area contributed by atoms with Crippen molar-refractivity contribution in [2.75, 3.05) is 0 Å². The minimum Gasteiger partial charge on any atom is -0.348 e. The van der Waals surface area contributed by atoms with Crippen LogP contribution in [-0.4, -0.2) is 20.5 Å². The van der Waals surface area contributed by atoms with Gasteiger partial charge in [-0.2, -0.15) is 13.2 Å². The Labute approximate surface area is 141 Å². The van der Waals surface area contributed by atoms with Gasteiger partial charge >= 0.3 is 6.18 Å². The van der Waals surface area contributed by atoms with E-state index in [1.807, 2.05) is 31.2 Å². The Bertz CT molecular complexity index is 900. The highest BCUT2D eigenvalue weighted by atomic mass is 19.4. The van der Waals surface area contributed by atoms with Crippen molar-refractivity contribution in [2.45, 2.75) is 26.1 Å². The Morgan fingerprint density at radius 1 is 1.12 bits per heavy atom. The number of amides is 1.